The molecule has 0 unspecified atom stereocenters. The number of fused-ring (bicyclic) bond motifs is 6. The third-order valence-corrected chi connectivity index (χ3v) is 6.49. The molecule has 1 heterocycles. The highest BCUT2D eigenvalue weighted by molar-refractivity contribution is 6.05. The summed E-state index contributed by atoms with van der Waals surface area (Å²) in [6, 6.07) is 28.3. The number of nitrogens with zero attached hydrogens (tertiary/aromatic N) is 2. The highest BCUT2D eigenvalue weighted by Gasteiger charge is 2.40. The van der Waals surface area contributed by atoms with Crippen molar-refractivity contribution in [3.05, 3.63) is 95.9 Å². The van der Waals surface area contributed by atoms with Gasteiger partial charge in [-0.2, -0.15) is 0 Å². The average Bonchev–Trinajstić information content (AvgIpc) is 3.00. The lowest BCUT2D eigenvalue weighted by Gasteiger charge is -2.20. The first-order valence-electron chi connectivity index (χ1n) is 10.4. The van der Waals surface area contributed by atoms with Crippen LogP contribution in [0.25, 0.3) is 43.9 Å². The molecule has 0 aliphatic heterocycles. The van der Waals surface area contributed by atoms with Crippen LogP contribution in [0.3, 0.4) is 0 Å². The van der Waals surface area contributed by atoms with Crippen LogP contribution in [0, 0.1) is 6.92 Å². The lowest BCUT2D eigenvalue weighted by molar-refractivity contribution is 0.632. The number of aromatic nitrogens is 2. The molecule has 0 atom stereocenters. The fraction of sp³-hybridized carbons (Fsp3) is 0.143. The van der Waals surface area contributed by atoms with Crippen molar-refractivity contribution in [2.45, 2.75) is 26.2 Å². The quantitative estimate of drug-likeness (QED) is 0.308. The van der Waals surface area contributed by atoms with Crippen molar-refractivity contribution in [2.24, 2.45) is 0 Å². The molecule has 0 bridgehead atoms. The van der Waals surface area contributed by atoms with E-state index < -0.39 is 0 Å². The summed E-state index contributed by atoms with van der Waals surface area (Å²) in [4.78, 5) is 9.95. The van der Waals surface area contributed by atoms with Gasteiger partial charge in [0.15, 0.2) is 0 Å². The van der Waals surface area contributed by atoms with Crippen LogP contribution < -0.4 is 0 Å². The van der Waals surface area contributed by atoms with E-state index in [-0.39, 0.29) is 5.41 Å². The topological polar surface area (TPSA) is 25.8 Å². The average molecular weight is 386 g/mol. The fourth-order valence-electron chi connectivity index (χ4n) is 5.00. The zero-order valence-corrected chi connectivity index (χ0v) is 17.4. The second-order valence-corrected chi connectivity index (χ2v) is 8.74. The molecule has 0 spiro atoms. The van der Waals surface area contributed by atoms with Gasteiger partial charge in [0.2, 0.25) is 0 Å². The molecule has 0 radical (unpaired) electrons. The van der Waals surface area contributed by atoms with Crippen molar-refractivity contribution in [3.8, 4) is 22.4 Å². The summed E-state index contributed by atoms with van der Waals surface area (Å²) in [6.07, 6.45) is 0. The van der Waals surface area contributed by atoms with E-state index in [1.54, 1.807) is 0 Å². The monoisotopic (exact) mass is 386 g/mol. The molecule has 2 heteroatoms. The molecule has 4 aromatic carbocycles. The Balaban J connectivity index is 1.74. The van der Waals surface area contributed by atoms with Gasteiger partial charge in [-0.3, -0.25) is 0 Å². The van der Waals surface area contributed by atoms with Gasteiger partial charge >= 0.3 is 0 Å². The maximum atomic E-state index is 4.98. The van der Waals surface area contributed by atoms with Crippen LogP contribution in [0.5, 0.6) is 0 Å². The number of benzene rings is 4. The minimum absolute atomic E-state index is 0.159. The molecule has 0 N–H and O–H groups in total. The van der Waals surface area contributed by atoms with Gasteiger partial charge in [0.25, 0.3) is 0 Å². The Hall–Kier alpha value is -3.52. The van der Waals surface area contributed by atoms with Gasteiger partial charge in [0.1, 0.15) is 5.82 Å². The minimum Gasteiger partial charge on any atom is -0.237 e. The number of hydrogen-bond acceptors (Lipinski definition) is 2. The molecule has 0 amide bonds. The summed E-state index contributed by atoms with van der Waals surface area (Å²) in [5.41, 5.74) is 6.96. The summed E-state index contributed by atoms with van der Waals surface area (Å²) in [7, 11) is 0. The number of hydrogen-bond donors (Lipinski definition) is 0. The van der Waals surface area contributed by atoms with Crippen LogP contribution in [-0.2, 0) is 5.41 Å². The molecule has 5 aromatic rings. The first kappa shape index (κ1) is 17.3. The molecule has 0 saturated heterocycles. The van der Waals surface area contributed by atoms with Crippen LogP contribution >= 0.6 is 0 Å². The third kappa shape index (κ3) is 2.31. The number of rotatable bonds is 1. The van der Waals surface area contributed by atoms with E-state index in [1.807, 2.05) is 6.92 Å². The van der Waals surface area contributed by atoms with Crippen molar-refractivity contribution in [1.29, 1.82) is 0 Å². The molecule has 1 aliphatic carbocycles. The van der Waals surface area contributed by atoms with Gasteiger partial charge in [-0.25, -0.2) is 9.97 Å². The van der Waals surface area contributed by atoms with E-state index in [4.69, 9.17) is 9.97 Å². The van der Waals surface area contributed by atoms with E-state index >= 15 is 0 Å². The first-order valence-corrected chi connectivity index (χ1v) is 10.4. The van der Waals surface area contributed by atoms with Crippen LogP contribution in [0.15, 0.2) is 78.9 Å². The van der Waals surface area contributed by atoms with E-state index in [0.717, 1.165) is 22.8 Å². The van der Waals surface area contributed by atoms with Gasteiger partial charge in [-0.1, -0.05) is 86.6 Å². The van der Waals surface area contributed by atoms with Gasteiger partial charge in [0, 0.05) is 16.5 Å². The Morgan fingerprint density at radius 1 is 0.667 bits per heavy atom. The van der Waals surface area contributed by atoms with E-state index in [0.29, 0.717) is 0 Å². The second kappa shape index (κ2) is 5.99. The van der Waals surface area contributed by atoms with Crippen molar-refractivity contribution in [2.75, 3.05) is 0 Å². The van der Waals surface area contributed by atoms with Crippen molar-refractivity contribution < 1.29 is 0 Å². The zero-order valence-electron chi connectivity index (χ0n) is 17.4. The summed E-state index contributed by atoms with van der Waals surface area (Å²) in [5, 5.41) is 5.01. The largest absolute Gasteiger partial charge is 0.237 e. The first-order chi connectivity index (χ1) is 14.5. The number of aryl methyl sites for hydroxylation is 1. The van der Waals surface area contributed by atoms with E-state index in [2.05, 4.69) is 92.7 Å². The van der Waals surface area contributed by atoms with Gasteiger partial charge in [-0.15, -0.1) is 0 Å². The molecule has 1 aliphatic rings. The van der Waals surface area contributed by atoms with Crippen LogP contribution in [0.1, 0.15) is 30.9 Å². The van der Waals surface area contributed by atoms with Gasteiger partial charge in [0.05, 0.1) is 11.4 Å². The molecular weight excluding hydrogens is 364 g/mol. The Morgan fingerprint density at radius 2 is 1.37 bits per heavy atom. The summed E-state index contributed by atoms with van der Waals surface area (Å²) < 4.78 is 0. The van der Waals surface area contributed by atoms with Gasteiger partial charge in [-0.05, 0) is 45.7 Å². The molecular formula is C28H22N2. The lowest BCUT2D eigenvalue weighted by atomic mass is 9.84. The highest BCUT2D eigenvalue weighted by atomic mass is 14.9. The Bertz CT molecular complexity index is 1480. The zero-order chi connectivity index (χ0) is 20.5. The van der Waals surface area contributed by atoms with E-state index in [9.17, 15) is 0 Å². The second-order valence-electron chi connectivity index (χ2n) is 8.74. The Kier molecular flexibility index (Phi) is 3.47. The molecule has 0 fully saturated rings. The predicted molar refractivity (Wildman–Crippen MR) is 125 cm³/mol. The van der Waals surface area contributed by atoms with Crippen molar-refractivity contribution in [1.82, 2.24) is 9.97 Å². The van der Waals surface area contributed by atoms with Crippen LogP contribution in [0.2, 0.25) is 0 Å². The minimum atomic E-state index is -0.159. The SMILES string of the molecule is Cc1nc(-c2ccc3ccccc3c2)c2c(n1)C(C)(C)c1ccc3ccccc3c1-2. The van der Waals surface area contributed by atoms with Gasteiger partial charge < -0.3 is 0 Å². The maximum absolute atomic E-state index is 4.98. The van der Waals surface area contributed by atoms with Crippen LogP contribution in [-0.4, -0.2) is 9.97 Å². The third-order valence-electron chi connectivity index (χ3n) is 6.49. The summed E-state index contributed by atoms with van der Waals surface area (Å²) >= 11 is 0. The Labute approximate surface area is 176 Å². The maximum Gasteiger partial charge on any atom is 0.126 e. The molecule has 1 aromatic heterocycles. The molecule has 0 saturated carbocycles. The van der Waals surface area contributed by atoms with E-state index in [1.165, 1.54) is 38.2 Å². The molecule has 144 valence electrons. The van der Waals surface area contributed by atoms with Crippen LogP contribution in [0.4, 0.5) is 0 Å². The predicted octanol–water partition coefficient (Wildman–Crippen LogP) is 7.06. The fourth-order valence-corrected chi connectivity index (χ4v) is 5.00. The lowest BCUT2D eigenvalue weighted by Crippen LogP contribution is -2.17. The molecule has 2 nitrogen and oxygen atoms in total. The molecule has 30 heavy (non-hydrogen) atoms. The summed E-state index contributed by atoms with van der Waals surface area (Å²) in [6.45, 7) is 6.56. The normalized spacial score (nSPS) is 14.1. The Morgan fingerprint density at radius 3 is 2.20 bits per heavy atom. The highest BCUT2D eigenvalue weighted by Crippen LogP contribution is 2.53. The van der Waals surface area contributed by atoms with Crippen molar-refractivity contribution >= 4 is 21.5 Å². The van der Waals surface area contributed by atoms with Crippen molar-refractivity contribution in [3.63, 3.8) is 0 Å². The smallest absolute Gasteiger partial charge is 0.126 e. The molecule has 6 rings (SSSR count). The summed E-state index contributed by atoms with van der Waals surface area (Å²) in [5.74, 6) is 0.821. The standard InChI is InChI=1S/C28H22N2/c1-17-29-26(21-13-12-18-8-4-5-10-20(18)16-21)25-24-22-11-7-6-9-19(22)14-15-23(24)28(2,3)27(25)30-17/h4-16H,1-3H3.